The van der Waals surface area contributed by atoms with Crippen LogP contribution in [-0.4, -0.2) is 24.6 Å². The summed E-state index contributed by atoms with van der Waals surface area (Å²) < 4.78 is 0. The molecule has 0 nitrogen and oxygen atoms in total. The van der Waals surface area contributed by atoms with E-state index < -0.39 is 0 Å². The number of fused-ring (bicyclic) bond motifs is 1. The first-order chi connectivity index (χ1) is 4.97. The predicted octanol–water partition coefficient (Wildman–Crippen LogP) is 3.45. The first-order valence-electron chi connectivity index (χ1n) is 4.46. The lowest BCUT2D eigenvalue weighted by molar-refractivity contribution is 0.785. The third-order valence-corrected chi connectivity index (χ3v) is 11.5. The standard InChI is InChI=1S/C8H16P2/c1-2-5-9-7-4-8-10(9)6-3-1/h1-8H2/t9-,10+. The van der Waals surface area contributed by atoms with Crippen molar-refractivity contribution < 1.29 is 0 Å². The number of hydrogen-bond acceptors (Lipinski definition) is 0. The molecule has 10 heavy (non-hydrogen) atoms. The van der Waals surface area contributed by atoms with Crippen molar-refractivity contribution >= 4 is 15.2 Å². The van der Waals surface area contributed by atoms with Gasteiger partial charge in [0.2, 0.25) is 0 Å². The van der Waals surface area contributed by atoms with E-state index in [2.05, 4.69) is 0 Å². The van der Waals surface area contributed by atoms with E-state index >= 15 is 0 Å². The smallest absolute Gasteiger partial charge is 0.0284 e. The molecule has 2 aliphatic rings. The summed E-state index contributed by atoms with van der Waals surface area (Å²) in [5.74, 6) is 0. The second kappa shape index (κ2) is 3.51. The summed E-state index contributed by atoms with van der Waals surface area (Å²) in [6.45, 7) is 0. The van der Waals surface area contributed by atoms with Gasteiger partial charge in [0.1, 0.15) is 0 Å². The first kappa shape index (κ1) is 7.51. The van der Waals surface area contributed by atoms with Crippen molar-refractivity contribution in [2.75, 3.05) is 24.6 Å². The van der Waals surface area contributed by atoms with Crippen LogP contribution in [0.2, 0.25) is 0 Å². The van der Waals surface area contributed by atoms with E-state index in [4.69, 9.17) is 0 Å². The van der Waals surface area contributed by atoms with E-state index in [0.717, 1.165) is 0 Å². The minimum Gasteiger partial charge on any atom is -0.0810 e. The fourth-order valence-electron chi connectivity index (χ4n) is 1.99. The number of rotatable bonds is 0. The van der Waals surface area contributed by atoms with Crippen LogP contribution in [0.4, 0.5) is 0 Å². The van der Waals surface area contributed by atoms with Crippen LogP contribution in [0.15, 0.2) is 0 Å². The normalized spacial score (nSPS) is 40.8. The summed E-state index contributed by atoms with van der Waals surface area (Å²) >= 11 is 0. The predicted molar refractivity (Wildman–Crippen MR) is 51.8 cm³/mol. The molecule has 0 bridgehead atoms. The molecule has 0 unspecified atom stereocenters. The van der Waals surface area contributed by atoms with Crippen LogP contribution in [0.3, 0.4) is 0 Å². The Balaban J connectivity index is 1.95. The molecule has 0 aliphatic carbocycles. The van der Waals surface area contributed by atoms with Gasteiger partial charge in [0.05, 0.1) is 0 Å². The molecule has 0 radical (unpaired) electrons. The van der Waals surface area contributed by atoms with E-state index in [1.54, 1.807) is 50.3 Å². The highest BCUT2D eigenvalue weighted by Gasteiger charge is 2.26. The van der Waals surface area contributed by atoms with Gasteiger partial charge in [-0.2, -0.15) is 0 Å². The summed E-state index contributed by atoms with van der Waals surface area (Å²) in [5.41, 5.74) is 0. The van der Waals surface area contributed by atoms with Crippen LogP contribution in [0.1, 0.15) is 25.7 Å². The van der Waals surface area contributed by atoms with Crippen molar-refractivity contribution in [2.45, 2.75) is 25.7 Å². The molecule has 0 N–H and O–H groups in total. The van der Waals surface area contributed by atoms with Gasteiger partial charge in [-0.25, -0.2) is 0 Å². The first-order valence-corrected chi connectivity index (χ1v) is 8.59. The van der Waals surface area contributed by atoms with Gasteiger partial charge in [0.25, 0.3) is 0 Å². The van der Waals surface area contributed by atoms with Gasteiger partial charge in [-0.1, -0.05) is 21.6 Å². The molecule has 2 heterocycles. The quantitative estimate of drug-likeness (QED) is 0.493. The Morgan fingerprint density at radius 3 is 1.60 bits per heavy atom. The molecule has 0 spiro atoms. The second-order valence-corrected chi connectivity index (χ2v) is 10.5. The average Bonchev–Trinajstić information content (AvgIpc) is 2.28. The van der Waals surface area contributed by atoms with Crippen molar-refractivity contribution in [1.82, 2.24) is 0 Å². The Morgan fingerprint density at radius 1 is 0.500 bits per heavy atom. The zero-order valence-electron chi connectivity index (χ0n) is 6.55. The maximum atomic E-state index is 1.65. The molecule has 0 aromatic heterocycles. The molecular formula is C8H16P2. The second-order valence-electron chi connectivity index (χ2n) is 3.32. The van der Waals surface area contributed by atoms with E-state index in [9.17, 15) is 0 Å². The summed E-state index contributed by atoms with van der Waals surface area (Å²) in [6, 6.07) is 0. The van der Waals surface area contributed by atoms with Gasteiger partial charge in [0.15, 0.2) is 0 Å². The zero-order chi connectivity index (χ0) is 6.81. The monoisotopic (exact) mass is 174 g/mol. The summed E-state index contributed by atoms with van der Waals surface area (Å²) in [4.78, 5) is 0. The molecule has 2 fully saturated rings. The third kappa shape index (κ3) is 1.54. The molecule has 0 aromatic carbocycles. The van der Waals surface area contributed by atoms with Crippen LogP contribution in [0.5, 0.6) is 0 Å². The fraction of sp³-hybridized carbons (Fsp3) is 1.00. The Kier molecular flexibility index (Phi) is 2.63. The van der Waals surface area contributed by atoms with Gasteiger partial charge in [-0.05, 0) is 43.9 Å². The average molecular weight is 174 g/mol. The fourth-order valence-corrected chi connectivity index (χ4v) is 11.1. The minimum absolute atomic E-state index is 0.619. The van der Waals surface area contributed by atoms with Gasteiger partial charge in [-0.3, -0.25) is 0 Å². The topological polar surface area (TPSA) is 0 Å². The molecule has 0 saturated carbocycles. The highest BCUT2D eigenvalue weighted by molar-refractivity contribution is 8.30. The van der Waals surface area contributed by atoms with Gasteiger partial charge >= 0.3 is 0 Å². The molecule has 0 aromatic rings. The highest BCUT2D eigenvalue weighted by Crippen LogP contribution is 2.74. The Morgan fingerprint density at radius 2 is 1.00 bits per heavy atom. The molecule has 0 amide bonds. The van der Waals surface area contributed by atoms with Crippen LogP contribution >= 0.6 is 15.2 Å². The zero-order valence-corrected chi connectivity index (χ0v) is 8.34. The highest BCUT2D eigenvalue weighted by atomic mass is 32.1. The Hall–Kier alpha value is 0.860. The van der Waals surface area contributed by atoms with Crippen molar-refractivity contribution in [2.24, 2.45) is 0 Å². The maximum Gasteiger partial charge on any atom is -0.0284 e. The SMILES string of the molecule is C1CC[P@]2CCC[P@]2CC1. The van der Waals surface area contributed by atoms with E-state index in [0.29, 0.717) is 15.2 Å². The lowest BCUT2D eigenvalue weighted by atomic mass is 10.3. The molecule has 58 valence electrons. The molecular weight excluding hydrogens is 158 g/mol. The molecule has 2 rings (SSSR count). The van der Waals surface area contributed by atoms with Crippen LogP contribution in [0.25, 0.3) is 0 Å². The maximum absolute atomic E-state index is 1.65. The molecule has 2 heteroatoms. The summed E-state index contributed by atoms with van der Waals surface area (Å²) in [7, 11) is 1.24. The molecule has 2 aliphatic heterocycles. The Labute approximate surface area is 66.2 Å². The van der Waals surface area contributed by atoms with E-state index in [-0.39, 0.29) is 0 Å². The van der Waals surface area contributed by atoms with Gasteiger partial charge in [-0.15, -0.1) is 0 Å². The lowest BCUT2D eigenvalue weighted by Gasteiger charge is -2.15. The van der Waals surface area contributed by atoms with Crippen LogP contribution in [0, 0.1) is 0 Å². The summed E-state index contributed by atoms with van der Waals surface area (Å²) in [5, 5.41) is 0. The summed E-state index contributed by atoms with van der Waals surface area (Å²) in [6.07, 6.45) is 12.9. The molecule has 2 saturated heterocycles. The van der Waals surface area contributed by atoms with Crippen LogP contribution in [-0.2, 0) is 0 Å². The van der Waals surface area contributed by atoms with Crippen molar-refractivity contribution in [3.63, 3.8) is 0 Å². The van der Waals surface area contributed by atoms with Gasteiger partial charge in [0, 0.05) is 0 Å². The molecule has 2 atom stereocenters. The number of hydrogen-bond donors (Lipinski definition) is 0. The van der Waals surface area contributed by atoms with Crippen molar-refractivity contribution in [3.8, 4) is 0 Å². The van der Waals surface area contributed by atoms with E-state index in [1.165, 1.54) is 0 Å². The van der Waals surface area contributed by atoms with Crippen LogP contribution < -0.4 is 0 Å². The van der Waals surface area contributed by atoms with E-state index in [1.807, 2.05) is 0 Å². The minimum atomic E-state index is 0.619. The third-order valence-electron chi connectivity index (χ3n) is 2.56. The van der Waals surface area contributed by atoms with Gasteiger partial charge < -0.3 is 0 Å². The van der Waals surface area contributed by atoms with Crippen molar-refractivity contribution in [3.05, 3.63) is 0 Å². The van der Waals surface area contributed by atoms with Crippen molar-refractivity contribution in [1.29, 1.82) is 0 Å². The lowest BCUT2D eigenvalue weighted by Crippen LogP contribution is -1.80. The Bertz CT molecular complexity index is 102. The largest absolute Gasteiger partial charge is 0.0810 e.